The van der Waals surface area contributed by atoms with Gasteiger partial charge >= 0.3 is 0 Å². The van der Waals surface area contributed by atoms with Crippen molar-refractivity contribution in [2.24, 2.45) is 0 Å². The van der Waals surface area contributed by atoms with Crippen LogP contribution in [0.1, 0.15) is 27.9 Å². The van der Waals surface area contributed by atoms with E-state index in [0.29, 0.717) is 5.69 Å². The lowest BCUT2D eigenvalue weighted by molar-refractivity contribution is 0.111. The summed E-state index contributed by atoms with van der Waals surface area (Å²) in [7, 11) is 0. The van der Waals surface area contributed by atoms with Crippen molar-refractivity contribution < 1.29 is 4.79 Å². The third-order valence-electron chi connectivity index (χ3n) is 3.23. The Morgan fingerprint density at radius 1 is 1.32 bits per heavy atom. The lowest BCUT2D eigenvalue weighted by atomic mass is 10.1. The minimum absolute atomic E-state index is 0.628. The van der Waals surface area contributed by atoms with Crippen LogP contribution in [0.3, 0.4) is 0 Å². The van der Waals surface area contributed by atoms with E-state index in [-0.39, 0.29) is 0 Å². The van der Waals surface area contributed by atoms with Gasteiger partial charge in [0.25, 0.3) is 0 Å². The molecule has 0 aliphatic carbocycles. The van der Waals surface area contributed by atoms with Gasteiger partial charge in [-0.2, -0.15) is 0 Å². The van der Waals surface area contributed by atoms with Crippen LogP contribution in [0.2, 0.25) is 0 Å². The van der Waals surface area contributed by atoms with E-state index in [1.165, 1.54) is 5.56 Å². The number of benzene rings is 1. The summed E-state index contributed by atoms with van der Waals surface area (Å²) in [6.45, 7) is 4.14. The zero-order valence-electron chi connectivity index (χ0n) is 10.9. The minimum atomic E-state index is 0.628. The summed E-state index contributed by atoms with van der Waals surface area (Å²) in [5, 5.41) is 0. The maximum atomic E-state index is 11.4. The molecule has 1 aromatic carbocycles. The second-order valence-corrected chi connectivity index (χ2v) is 5.72. The van der Waals surface area contributed by atoms with Crippen molar-refractivity contribution in [1.82, 2.24) is 9.38 Å². The first kappa shape index (κ1) is 12.1. The Labute approximate surface area is 115 Å². The van der Waals surface area contributed by atoms with Crippen molar-refractivity contribution in [3.05, 3.63) is 46.6 Å². The van der Waals surface area contributed by atoms with E-state index in [1.54, 1.807) is 11.3 Å². The van der Waals surface area contributed by atoms with Crippen molar-refractivity contribution >= 4 is 22.6 Å². The number of hydrogen-bond acceptors (Lipinski definition) is 3. The second kappa shape index (κ2) is 4.63. The lowest BCUT2D eigenvalue weighted by Gasteiger charge is -2.00. The number of nitrogens with zero attached hydrogens (tertiary/aromatic N) is 2. The van der Waals surface area contributed by atoms with Gasteiger partial charge in [0.2, 0.25) is 0 Å². The molecule has 0 amide bonds. The molecule has 0 aliphatic rings. The third kappa shape index (κ3) is 1.98. The number of carbonyl (C=O) groups excluding carboxylic acids is 1. The van der Waals surface area contributed by atoms with Crippen molar-refractivity contribution in [3.63, 3.8) is 0 Å². The van der Waals surface area contributed by atoms with E-state index in [1.807, 2.05) is 29.7 Å². The highest BCUT2D eigenvalue weighted by Crippen LogP contribution is 2.27. The normalized spacial score (nSPS) is 11.1. The van der Waals surface area contributed by atoms with Crippen LogP contribution < -0.4 is 0 Å². The molecule has 0 N–H and O–H groups in total. The van der Waals surface area contributed by atoms with Crippen molar-refractivity contribution in [2.45, 2.75) is 20.3 Å². The predicted molar refractivity (Wildman–Crippen MR) is 78.0 cm³/mol. The molecule has 0 atom stereocenters. The maximum absolute atomic E-state index is 11.4. The smallest absolute Gasteiger partial charge is 0.195 e. The molecule has 96 valence electrons. The number of aromatic nitrogens is 2. The molecule has 3 rings (SSSR count). The first-order valence-corrected chi connectivity index (χ1v) is 7.07. The zero-order chi connectivity index (χ0) is 13.4. The van der Waals surface area contributed by atoms with Gasteiger partial charge in [-0.3, -0.25) is 9.20 Å². The molecule has 0 unspecified atom stereocenters. The summed E-state index contributed by atoms with van der Waals surface area (Å²) in [5.41, 5.74) is 3.67. The van der Waals surface area contributed by atoms with Crippen LogP contribution >= 0.6 is 11.3 Å². The maximum Gasteiger partial charge on any atom is 0.195 e. The van der Waals surface area contributed by atoms with Crippen LogP contribution in [0, 0.1) is 6.92 Å². The van der Waals surface area contributed by atoms with E-state index in [0.717, 1.165) is 33.8 Å². The first-order valence-electron chi connectivity index (χ1n) is 6.26. The highest BCUT2D eigenvalue weighted by atomic mass is 32.1. The molecule has 0 bridgehead atoms. The number of aldehydes is 1. The summed E-state index contributed by atoms with van der Waals surface area (Å²) in [6, 6.07) is 8.24. The van der Waals surface area contributed by atoms with Crippen molar-refractivity contribution in [2.75, 3.05) is 0 Å². The average Bonchev–Trinajstić information content (AvgIpc) is 2.94. The summed E-state index contributed by atoms with van der Waals surface area (Å²) in [6.07, 6.45) is 3.86. The monoisotopic (exact) mass is 270 g/mol. The van der Waals surface area contributed by atoms with E-state index >= 15 is 0 Å². The summed E-state index contributed by atoms with van der Waals surface area (Å²) in [4.78, 5) is 18.0. The van der Waals surface area contributed by atoms with Crippen LogP contribution in [0.4, 0.5) is 0 Å². The second-order valence-electron chi connectivity index (χ2n) is 4.51. The quantitative estimate of drug-likeness (QED) is 0.679. The van der Waals surface area contributed by atoms with Gasteiger partial charge in [0.05, 0.1) is 0 Å². The Bertz CT molecular complexity index is 737. The Morgan fingerprint density at radius 3 is 2.68 bits per heavy atom. The van der Waals surface area contributed by atoms with Crippen LogP contribution in [0.15, 0.2) is 30.5 Å². The lowest BCUT2D eigenvalue weighted by Crippen LogP contribution is -1.90. The van der Waals surface area contributed by atoms with Gasteiger partial charge in [-0.25, -0.2) is 4.98 Å². The van der Waals surface area contributed by atoms with Crippen LogP contribution in [-0.2, 0) is 6.42 Å². The number of imidazole rings is 1. The largest absolute Gasteiger partial charge is 0.296 e. The Balaban J connectivity index is 2.17. The number of hydrogen-bond donors (Lipinski definition) is 0. The number of thiazole rings is 1. The summed E-state index contributed by atoms with van der Waals surface area (Å²) < 4.78 is 1.87. The summed E-state index contributed by atoms with van der Waals surface area (Å²) in [5.74, 6) is 0. The van der Waals surface area contributed by atoms with Gasteiger partial charge < -0.3 is 0 Å². The van der Waals surface area contributed by atoms with Gasteiger partial charge in [-0.1, -0.05) is 31.2 Å². The highest BCUT2D eigenvalue weighted by Gasteiger charge is 2.14. The first-order chi connectivity index (χ1) is 9.22. The topological polar surface area (TPSA) is 34.4 Å². The molecular weight excluding hydrogens is 256 g/mol. The molecule has 2 aromatic heterocycles. The molecular formula is C15H14N2OS. The van der Waals surface area contributed by atoms with Gasteiger partial charge in [0, 0.05) is 16.6 Å². The van der Waals surface area contributed by atoms with Crippen LogP contribution in [-0.4, -0.2) is 15.7 Å². The number of aryl methyl sites for hydroxylation is 2. The minimum Gasteiger partial charge on any atom is -0.296 e. The van der Waals surface area contributed by atoms with E-state index in [2.05, 4.69) is 24.0 Å². The molecule has 0 saturated heterocycles. The fourth-order valence-corrected chi connectivity index (χ4v) is 3.03. The molecule has 3 aromatic rings. The van der Waals surface area contributed by atoms with Crippen LogP contribution in [0.25, 0.3) is 16.2 Å². The predicted octanol–water partition coefficient (Wildman–Crippen LogP) is 3.75. The van der Waals surface area contributed by atoms with Crippen LogP contribution in [0.5, 0.6) is 0 Å². The molecule has 4 heteroatoms. The number of rotatable bonds is 3. The Hall–Kier alpha value is -1.94. The molecule has 0 saturated carbocycles. The average molecular weight is 270 g/mol. The van der Waals surface area contributed by atoms with E-state index in [9.17, 15) is 4.79 Å². The molecule has 19 heavy (non-hydrogen) atoms. The fraction of sp³-hybridized carbons (Fsp3) is 0.200. The van der Waals surface area contributed by atoms with Crippen molar-refractivity contribution in [3.8, 4) is 11.3 Å². The van der Waals surface area contributed by atoms with Gasteiger partial charge in [0.15, 0.2) is 11.2 Å². The van der Waals surface area contributed by atoms with Crippen molar-refractivity contribution in [1.29, 1.82) is 0 Å². The number of carbonyl (C=O) groups is 1. The molecule has 3 nitrogen and oxygen atoms in total. The van der Waals surface area contributed by atoms with Gasteiger partial charge in [-0.15, -0.1) is 11.3 Å². The highest BCUT2D eigenvalue weighted by molar-refractivity contribution is 7.17. The molecule has 0 aliphatic heterocycles. The Kier molecular flexibility index (Phi) is 2.95. The standard InChI is InChI=1S/C15H14N2OS/c1-3-11-4-6-12(7-5-11)14-13(9-18)17-8-10(2)19-15(17)16-14/h4-9H,3H2,1-2H3. The van der Waals surface area contributed by atoms with E-state index < -0.39 is 0 Å². The van der Waals surface area contributed by atoms with Gasteiger partial charge in [-0.05, 0) is 18.9 Å². The fourth-order valence-electron chi connectivity index (χ4n) is 2.20. The van der Waals surface area contributed by atoms with Gasteiger partial charge in [0.1, 0.15) is 11.4 Å². The molecule has 0 radical (unpaired) electrons. The molecule has 0 spiro atoms. The summed E-state index contributed by atoms with van der Waals surface area (Å²) >= 11 is 1.60. The molecule has 2 heterocycles. The third-order valence-corrected chi connectivity index (χ3v) is 4.12. The Morgan fingerprint density at radius 2 is 2.05 bits per heavy atom. The SMILES string of the molecule is CCc1ccc(-c2nc3sc(C)cn3c2C=O)cc1. The number of fused-ring (bicyclic) bond motifs is 1. The molecule has 0 fully saturated rings. The van der Waals surface area contributed by atoms with E-state index in [4.69, 9.17) is 0 Å². The zero-order valence-corrected chi connectivity index (χ0v) is 11.7.